The average Bonchev–Trinajstić information content (AvgIpc) is 2.53. The Morgan fingerprint density at radius 2 is 1.95 bits per heavy atom. The first-order chi connectivity index (χ1) is 10.2. The Bertz CT molecular complexity index is 472. The minimum Gasteiger partial charge on any atom is -0.352 e. The third-order valence-electron chi connectivity index (χ3n) is 3.83. The molecule has 116 valence electrons. The summed E-state index contributed by atoms with van der Waals surface area (Å²) >= 11 is 3.47. The van der Waals surface area contributed by atoms with E-state index in [0.29, 0.717) is 6.54 Å². The first kappa shape index (κ1) is 16.2. The predicted molar refractivity (Wildman–Crippen MR) is 86.3 cm³/mol. The van der Waals surface area contributed by atoms with Crippen LogP contribution in [0.3, 0.4) is 0 Å². The maximum absolute atomic E-state index is 12.3. The number of nitrogens with zero attached hydrogens (tertiary/aromatic N) is 5. The molecule has 0 aliphatic carbocycles. The van der Waals surface area contributed by atoms with Gasteiger partial charge in [-0.2, -0.15) is 0 Å². The number of hydrogen-bond donors (Lipinski definition) is 0. The number of halogens is 1. The van der Waals surface area contributed by atoms with Crippen LogP contribution in [0.15, 0.2) is 17.0 Å². The molecular formula is C14H22BrN5O. The Labute approximate surface area is 134 Å². The monoisotopic (exact) mass is 355 g/mol. The molecule has 1 aliphatic heterocycles. The summed E-state index contributed by atoms with van der Waals surface area (Å²) in [4.78, 5) is 26.8. The van der Waals surface area contributed by atoms with Crippen molar-refractivity contribution in [2.24, 2.45) is 0 Å². The van der Waals surface area contributed by atoms with Crippen LogP contribution in [-0.2, 0) is 4.79 Å². The molecule has 21 heavy (non-hydrogen) atoms. The van der Waals surface area contributed by atoms with Gasteiger partial charge in [-0.3, -0.25) is 9.69 Å². The Balaban J connectivity index is 1.88. The van der Waals surface area contributed by atoms with Gasteiger partial charge >= 0.3 is 0 Å². The number of hydrogen-bond acceptors (Lipinski definition) is 5. The van der Waals surface area contributed by atoms with E-state index in [2.05, 4.69) is 49.5 Å². The van der Waals surface area contributed by atoms with Gasteiger partial charge in [0.25, 0.3) is 0 Å². The van der Waals surface area contributed by atoms with Gasteiger partial charge in [0.05, 0.1) is 11.0 Å². The Hall–Kier alpha value is -1.21. The molecule has 1 amide bonds. The molecule has 1 aromatic rings. The maximum Gasteiger partial charge on any atom is 0.236 e. The fourth-order valence-corrected chi connectivity index (χ4v) is 2.92. The van der Waals surface area contributed by atoms with Crippen LogP contribution in [0.25, 0.3) is 0 Å². The van der Waals surface area contributed by atoms with E-state index in [-0.39, 0.29) is 5.91 Å². The number of rotatable bonds is 5. The van der Waals surface area contributed by atoms with E-state index in [1.807, 2.05) is 4.90 Å². The molecule has 0 aromatic carbocycles. The average molecular weight is 356 g/mol. The number of carbonyl (C=O) groups excluding carboxylic acids is 1. The SMILES string of the molecule is CCN(CC)CC(=O)N1CCN(c2ncncc2Br)CC1. The molecule has 0 unspecified atom stereocenters. The summed E-state index contributed by atoms with van der Waals surface area (Å²) in [5.74, 6) is 1.13. The minimum atomic E-state index is 0.222. The van der Waals surface area contributed by atoms with Crippen LogP contribution in [0.5, 0.6) is 0 Å². The molecule has 0 N–H and O–H groups in total. The second-order valence-electron chi connectivity index (χ2n) is 5.02. The molecule has 1 fully saturated rings. The summed E-state index contributed by atoms with van der Waals surface area (Å²) in [6.07, 6.45) is 3.30. The van der Waals surface area contributed by atoms with Gasteiger partial charge in [-0.1, -0.05) is 13.8 Å². The lowest BCUT2D eigenvalue weighted by atomic mass is 10.3. The lowest BCUT2D eigenvalue weighted by molar-refractivity contribution is -0.132. The molecule has 0 atom stereocenters. The molecule has 1 aliphatic rings. The standard InChI is InChI=1S/C14H22BrN5O/c1-3-18(4-2)10-13(21)19-5-7-20(8-6-19)14-12(15)9-16-11-17-14/h9,11H,3-8,10H2,1-2H3. The van der Waals surface area contributed by atoms with Crippen molar-refractivity contribution >= 4 is 27.7 Å². The van der Waals surface area contributed by atoms with Crippen LogP contribution < -0.4 is 4.90 Å². The van der Waals surface area contributed by atoms with E-state index in [0.717, 1.165) is 49.6 Å². The van der Waals surface area contributed by atoms with Crippen LogP contribution in [0.4, 0.5) is 5.82 Å². The van der Waals surface area contributed by atoms with Crippen molar-refractivity contribution in [2.75, 3.05) is 50.7 Å². The second kappa shape index (κ2) is 7.70. The summed E-state index contributed by atoms with van der Waals surface area (Å²) in [5, 5.41) is 0. The molecule has 7 heteroatoms. The zero-order valence-electron chi connectivity index (χ0n) is 12.6. The molecule has 6 nitrogen and oxygen atoms in total. The van der Waals surface area contributed by atoms with Gasteiger partial charge in [-0.15, -0.1) is 0 Å². The third-order valence-corrected chi connectivity index (χ3v) is 4.39. The lowest BCUT2D eigenvalue weighted by Gasteiger charge is -2.36. The number of amides is 1. The van der Waals surface area contributed by atoms with Crippen molar-refractivity contribution in [3.05, 3.63) is 17.0 Å². The zero-order valence-corrected chi connectivity index (χ0v) is 14.2. The van der Waals surface area contributed by atoms with Gasteiger partial charge in [0.15, 0.2) is 0 Å². The molecule has 2 rings (SSSR count). The quantitative estimate of drug-likeness (QED) is 0.794. The summed E-state index contributed by atoms with van der Waals surface area (Å²) in [7, 11) is 0. The van der Waals surface area contributed by atoms with Gasteiger partial charge in [0.2, 0.25) is 5.91 Å². The van der Waals surface area contributed by atoms with Gasteiger partial charge in [-0.25, -0.2) is 9.97 Å². The maximum atomic E-state index is 12.3. The van der Waals surface area contributed by atoms with Gasteiger partial charge in [0, 0.05) is 32.4 Å². The van der Waals surface area contributed by atoms with Crippen LogP contribution in [0.1, 0.15) is 13.8 Å². The third kappa shape index (κ3) is 4.14. The van der Waals surface area contributed by atoms with Gasteiger partial charge < -0.3 is 9.80 Å². The molecular weight excluding hydrogens is 334 g/mol. The summed E-state index contributed by atoms with van der Waals surface area (Å²) in [5.41, 5.74) is 0. The molecule has 0 spiro atoms. The van der Waals surface area contributed by atoms with E-state index in [9.17, 15) is 4.79 Å². The van der Waals surface area contributed by atoms with Crippen molar-refractivity contribution in [2.45, 2.75) is 13.8 Å². The van der Waals surface area contributed by atoms with Gasteiger partial charge in [0.1, 0.15) is 12.1 Å². The highest BCUT2D eigenvalue weighted by Gasteiger charge is 2.23. The first-order valence-corrected chi connectivity index (χ1v) is 8.15. The highest BCUT2D eigenvalue weighted by molar-refractivity contribution is 9.10. The summed E-state index contributed by atoms with van der Waals surface area (Å²) in [6.45, 7) is 9.62. The smallest absolute Gasteiger partial charge is 0.236 e. The Kier molecular flexibility index (Phi) is 5.93. The fourth-order valence-electron chi connectivity index (χ4n) is 2.45. The summed E-state index contributed by atoms with van der Waals surface area (Å²) in [6, 6.07) is 0. The second-order valence-corrected chi connectivity index (χ2v) is 5.88. The van der Waals surface area contributed by atoms with Crippen molar-refractivity contribution in [3.8, 4) is 0 Å². The molecule has 0 bridgehead atoms. The van der Waals surface area contributed by atoms with E-state index in [1.54, 1.807) is 12.5 Å². The summed E-state index contributed by atoms with van der Waals surface area (Å²) < 4.78 is 0.896. The Morgan fingerprint density at radius 1 is 1.29 bits per heavy atom. The number of piperazine rings is 1. The molecule has 0 radical (unpaired) electrons. The highest BCUT2D eigenvalue weighted by Crippen LogP contribution is 2.22. The number of aromatic nitrogens is 2. The van der Waals surface area contributed by atoms with Crippen LogP contribution in [0, 0.1) is 0 Å². The van der Waals surface area contributed by atoms with Crippen LogP contribution in [-0.4, -0.2) is 71.5 Å². The number of anilines is 1. The van der Waals surface area contributed by atoms with Crippen molar-refractivity contribution in [1.29, 1.82) is 0 Å². The van der Waals surface area contributed by atoms with Crippen molar-refractivity contribution < 1.29 is 4.79 Å². The first-order valence-electron chi connectivity index (χ1n) is 7.36. The van der Waals surface area contributed by atoms with Gasteiger partial charge in [-0.05, 0) is 29.0 Å². The van der Waals surface area contributed by atoms with E-state index in [1.165, 1.54) is 0 Å². The molecule has 1 aromatic heterocycles. The normalized spacial score (nSPS) is 15.6. The van der Waals surface area contributed by atoms with E-state index < -0.39 is 0 Å². The predicted octanol–water partition coefficient (Wildman–Crippen LogP) is 1.23. The van der Waals surface area contributed by atoms with Crippen LogP contribution >= 0.6 is 15.9 Å². The number of carbonyl (C=O) groups is 1. The largest absolute Gasteiger partial charge is 0.352 e. The molecule has 2 heterocycles. The Morgan fingerprint density at radius 3 is 2.52 bits per heavy atom. The minimum absolute atomic E-state index is 0.222. The molecule has 1 saturated heterocycles. The molecule has 0 saturated carbocycles. The number of likely N-dealkylation sites (N-methyl/N-ethyl adjacent to an activating group) is 1. The van der Waals surface area contributed by atoms with Crippen LogP contribution in [0.2, 0.25) is 0 Å². The zero-order chi connectivity index (χ0) is 15.2. The fraction of sp³-hybridized carbons (Fsp3) is 0.643. The topological polar surface area (TPSA) is 52.6 Å². The van der Waals surface area contributed by atoms with Crippen molar-refractivity contribution in [3.63, 3.8) is 0 Å². The van der Waals surface area contributed by atoms with E-state index in [4.69, 9.17) is 0 Å². The van der Waals surface area contributed by atoms with E-state index >= 15 is 0 Å². The lowest BCUT2D eigenvalue weighted by Crippen LogP contribution is -2.51. The van der Waals surface area contributed by atoms with Crippen molar-refractivity contribution in [1.82, 2.24) is 19.8 Å². The highest BCUT2D eigenvalue weighted by atomic mass is 79.9.